The number of piperidine rings is 1. The third kappa shape index (κ3) is 0.988. The Morgan fingerprint density at radius 3 is 2.82 bits per heavy atom. The molecule has 1 N–H and O–H groups in total. The van der Waals surface area contributed by atoms with Gasteiger partial charge < -0.3 is 5.32 Å². The topological polar surface area (TPSA) is 12.0 Å². The fourth-order valence-corrected chi connectivity index (χ4v) is 3.50. The molecule has 1 aliphatic carbocycles. The van der Waals surface area contributed by atoms with E-state index in [0.717, 1.165) is 16.8 Å². The molecule has 11 heavy (non-hydrogen) atoms. The van der Waals surface area contributed by atoms with Gasteiger partial charge in [0.2, 0.25) is 0 Å². The van der Waals surface area contributed by atoms with Gasteiger partial charge >= 0.3 is 0 Å². The van der Waals surface area contributed by atoms with Crippen molar-refractivity contribution in [1.29, 1.82) is 0 Å². The van der Waals surface area contributed by atoms with Gasteiger partial charge in [0.25, 0.3) is 0 Å². The molecule has 0 spiro atoms. The van der Waals surface area contributed by atoms with Gasteiger partial charge in [-0.15, -0.1) is 0 Å². The van der Waals surface area contributed by atoms with Crippen molar-refractivity contribution in [3.63, 3.8) is 0 Å². The molecule has 2 fully saturated rings. The predicted molar refractivity (Wildman–Crippen MR) is 51.0 cm³/mol. The van der Waals surface area contributed by atoms with E-state index in [1.807, 2.05) is 0 Å². The maximum Gasteiger partial charge on any atom is 0.0255 e. The molecular formula is C9H16BrN. The summed E-state index contributed by atoms with van der Waals surface area (Å²) in [6.07, 6.45) is 2.77. The lowest BCUT2D eigenvalue weighted by Gasteiger charge is -2.58. The van der Waals surface area contributed by atoms with Crippen LogP contribution in [0.2, 0.25) is 0 Å². The molecule has 1 saturated carbocycles. The molecular weight excluding hydrogens is 202 g/mol. The Labute approximate surface area is 77.1 Å². The van der Waals surface area contributed by atoms with Gasteiger partial charge in [-0.3, -0.25) is 0 Å². The molecule has 0 aromatic rings. The Bertz CT molecular complexity index is 167. The number of nitrogens with one attached hydrogen (secondary N) is 1. The van der Waals surface area contributed by atoms with Crippen molar-refractivity contribution < 1.29 is 0 Å². The molecule has 2 rings (SSSR count). The maximum atomic E-state index is 3.78. The number of rotatable bonds is 0. The molecule has 1 heterocycles. The molecule has 1 nitrogen and oxygen atoms in total. The molecule has 0 aromatic heterocycles. The first-order valence-corrected chi connectivity index (χ1v) is 5.43. The largest absolute Gasteiger partial charge is 0.313 e. The van der Waals surface area contributed by atoms with Crippen molar-refractivity contribution in [2.75, 3.05) is 6.54 Å². The van der Waals surface area contributed by atoms with E-state index >= 15 is 0 Å². The van der Waals surface area contributed by atoms with Crippen molar-refractivity contribution in [3.8, 4) is 0 Å². The Morgan fingerprint density at radius 2 is 2.18 bits per heavy atom. The van der Waals surface area contributed by atoms with Crippen LogP contribution in [0.1, 0.15) is 26.7 Å². The molecule has 1 saturated heterocycles. The average molecular weight is 218 g/mol. The second kappa shape index (κ2) is 2.46. The summed E-state index contributed by atoms with van der Waals surface area (Å²) in [7, 11) is 0. The molecule has 0 amide bonds. The van der Waals surface area contributed by atoms with E-state index in [0.29, 0.717) is 5.41 Å². The first-order chi connectivity index (χ1) is 5.14. The van der Waals surface area contributed by atoms with Crippen LogP contribution in [0.4, 0.5) is 0 Å². The highest BCUT2D eigenvalue weighted by atomic mass is 79.9. The number of alkyl halides is 1. The smallest absolute Gasteiger partial charge is 0.0255 e. The summed E-state index contributed by atoms with van der Waals surface area (Å²) in [6.45, 7) is 5.93. The van der Waals surface area contributed by atoms with Crippen molar-refractivity contribution in [2.24, 2.45) is 11.3 Å². The first kappa shape index (κ1) is 8.06. The molecule has 2 aliphatic rings. The van der Waals surface area contributed by atoms with E-state index in [2.05, 4.69) is 35.1 Å². The van der Waals surface area contributed by atoms with Crippen molar-refractivity contribution in [3.05, 3.63) is 0 Å². The van der Waals surface area contributed by atoms with Crippen LogP contribution in [0.3, 0.4) is 0 Å². The lowest BCUT2D eigenvalue weighted by atomic mass is 9.57. The Morgan fingerprint density at radius 1 is 1.45 bits per heavy atom. The third-order valence-corrected chi connectivity index (χ3v) is 5.25. The Kier molecular flexibility index (Phi) is 1.80. The summed E-state index contributed by atoms with van der Waals surface area (Å²) in [6, 6.07) is 0.778. The van der Waals surface area contributed by atoms with Crippen LogP contribution in [0, 0.1) is 11.3 Å². The second-order valence-electron chi connectivity index (χ2n) is 4.46. The van der Waals surface area contributed by atoms with Gasteiger partial charge in [0, 0.05) is 10.9 Å². The van der Waals surface area contributed by atoms with Crippen LogP contribution >= 0.6 is 15.9 Å². The van der Waals surface area contributed by atoms with E-state index in [4.69, 9.17) is 0 Å². The fraction of sp³-hybridized carbons (Fsp3) is 1.00. The minimum atomic E-state index is 0.477. The molecule has 0 bridgehead atoms. The van der Waals surface area contributed by atoms with E-state index in [1.165, 1.54) is 19.4 Å². The SMILES string of the molecule is CC1(C)[C@H](Br)[C@@H]2CCCN[C@@H]21. The molecule has 0 radical (unpaired) electrons. The van der Waals surface area contributed by atoms with Crippen LogP contribution in [0.15, 0.2) is 0 Å². The van der Waals surface area contributed by atoms with E-state index in [-0.39, 0.29) is 0 Å². The number of hydrogen-bond donors (Lipinski definition) is 1. The van der Waals surface area contributed by atoms with Crippen LogP contribution in [0.25, 0.3) is 0 Å². The first-order valence-electron chi connectivity index (χ1n) is 4.51. The van der Waals surface area contributed by atoms with Crippen LogP contribution in [-0.2, 0) is 0 Å². The van der Waals surface area contributed by atoms with Gasteiger partial charge in [0.05, 0.1) is 0 Å². The fourth-order valence-electron chi connectivity index (χ4n) is 2.65. The summed E-state index contributed by atoms with van der Waals surface area (Å²) in [4.78, 5) is 0.743. The molecule has 0 aromatic carbocycles. The standard InChI is InChI=1S/C9H16BrN/c1-9(2)7(10)6-4-3-5-11-8(6)9/h6-8,11H,3-5H2,1-2H3/t6-,7+,8-/m0/s1. The van der Waals surface area contributed by atoms with Gasteiger partial charge in [0.1, 0.15) is 0 Å². The Balaban J connectivity index is 2.09. The summed E-state index contributed by atoms with van der Waals surface area (Å²) >= 11 is 3.78. The van der Waals surface area contributed by atoms with Crippen molar-refractivity contribution in [2.45, 2.75) is 37.6 Å². The lowest BCUT2D eigenvalue weighted by molar-refractivity contribution is 0.0181. The molecule has 0 unspecified atom stereocenters. The van der Waals surface area contributed by atoms with Crippen molar-refractivity contribution >= 4 is 15.9 Å². The highest BCUT2D eigenvalue weighted by Gasteiger charge is 2.55. The maximum absolute atomic E-state index is 3.78. The minimum Gasteiger partial charge on any atom is -0.313 e. The van der Waals surface area contributed by atoms with E-state index in [1.54, 1.807) is 0 Å². The zero-order valence-corrected chi connectivity index (χ0v) is 8.82. The monoisotopic (exact) mass is 217 g/mol. The van der Waals surface area contributed by atoms with Crippen molar-refractivity contribution in [1.82, 2.24) is 5.32 Å². The quantitative estimate of drug-likeness (QED) is 0.614. The van der Waals surface area contributed by atoms with E-state index < -0.39 is 0 Å². The highest BCUT2D eigenvalue weighted by Crippen LogP contribution is 2.52. The normalized spacial score (nSPS) is 47.7. The minimum absolute atomic E-state index is 0.477. The third-order valence-electron chi connectivity index (χ3n) is 3.39. The second-order valence-corrected chi connectivity index (χ2v) is 5.45. The molecule has 1 aliphatic heterocycles. The summed E-state index contributed by atoms with van der Waals surface area (Å²) in [5.74, 6) is 0.902. The van der Waals surface area contributed by atoms with Crippen LogP contribution in [-0.4, -0.2) is 17.4 Å². The summed E-state index contributed by atoms with van der Waals surface area (Å²) in [5, 5.41) is 3.61. The van der Waals surface area contributed by atoms with Gasteiger partial charge in [-0.1, -0.05) is 29.8 Å². The summed E-state index contributed by atoms with van der Waals surface area (Å²) < 4.78 is 0. The van der Waals surface area contributed by atoms with E-state index in [9.17, 15) is 0 Å². The number of fused-ring (bicyclic) bond motifs is 1. The number of hydrogen-bond acceptors (Lipinski definition) is 1. The Hall–Kier alpha value is 0.440. The molecule has 3 atom stereocenters. The van der Waals surface area contributed by atoms with Gasteiger partial charge in [-0.2, -0.15) is 0 Å². The summed E-state index contributed by atoms with van der Waals surface area (Å²) in [5.41, 5.74) is 0.477. The lowest BCUT2D eigenvalue weighted by Crippen LogP contribution is -2.67. The van der Waals surface area contributed by atoms with Gasteiger partial charge in [-0.05, 0) is 30.7 Å². The van der Waals surface area contributed by atoms with Crippen LogP contribution in [0.5, 0.6) is 0 Å². The zero-order chi connectivity index (χ0) is 8.06. The zero-order valence-electron chi connectivity index (χ0n) is 7.23. The predicted octanol–water partition coefficient (Wildman–Crippen LogP) is 2.16. The van der Waals surface area contributed by atoms with Crippen LogP contribution < -0.4 is 5.32 Å². The van der Waals surface area contributed by atoms with Gasteiger partial charge in [-0.25, -0.2) is 0 Å². The molecule has 64 valence electrons. The highest BCUT2D eigenvalue weighted by molar-refractivity contribution is 9.09. The number of halogens is 1. The average Bonchev–Trinajstić information content (AvgIpc) is 2.04. The molecule has 2 heteroatoms. The van der Waals surface area contributed by atoms with Gasteiger partial charge in [0.15, 0.2) is 0 Å².